The van der Waals surface area contributed by atoms with Crippen molar-refractivity contribution in [2.45, 2.75) is 0 Å². The number of ether oxygens (including phenoxy) is 3. The number of nitrogens with zero attached hydrogens (tertiary/aromatic N) is 1. The minimum absolute atomic E-state index is 0.260. The van der Waals surface area contributed by atoms with E-state index >= 15 is 0 Å². The Morgan fingerprint density at radius 3 is 2.00 bits per heavy atom. The number of carbonyl (C=O) groups is 2. The van der Waals surface area contributed by atoms with E-state index in [-0.39, 0.29) is 11.8 Å². The third kappa shape index (κ3) is 5.63. The van der Waals surface area contributed by atoms with Crippen molar-refractivity contribution in [1.82, 2.24) is 5.43 Å². The van der Waals surface area contributed by atoms with Crippen LogP contribution in [0.2, 0.25) is 0 Å². The number of hydrogen-bond acceptors (Lipinski definition) is 6. The van der Waals surface area contributed by atoms with Gasteiger partial charge in [0.2, 0.25) is 0 Å². The van der Waals surface area contributed by atoms with Crippen molar-refractivity contribution in [2.75, 3.05) is 26.6 Å². The van der Waals surface area contributed by atoms with Crippen LogP contribution in [0.3, 0.4) is 0 Å². The first-order valence-electron chi connectivity index (χ1n) is 9.65. The SMILES string of the molecule is COc1ccc(C(=O)Nc2ccc(C(=O)N/N=C/c3ccc(OC)c(OC)c3)cc2)cc1. The highest BCUT2D eigenvalue weighted by Gasteiger charge is 2.08. The maximum Gasteiger partial charge on any atom is 0.271 e. The minimum atomic E-state index is -0.380. The fourth-order valence-electron chi connectivity index (χ4n) is 2.81. The number of hydrogen-bond donors (Lipinski definition) is 2. The number of hydrazone groups is 1. The van der Waals surface area contributed by atoms with E-state index in [1.807, 2.05) is 0 Å². The topological polar surface area (TPSA) is 98.2 Å². The number of nitrogens with one attached hydrogen (secondary N) is 2. The molecule has 0 fully saturated rings. The van der Waals surface area contributed by atoms with Gasteiger partial charge in [-0.25, -0.2) is 5.43 Å². The number of rotatable bonds is 8. The summed E-state index contributed by atoms with van der Waals surface area (Å²) < 4.78 is 15.5. The van der Waals surface area contributed by atoms with E-state index in [4.69, 9.17) is 14.2 Å². The van der Waals surface area contributed by atoms with Gasteiger partial charge in [0.15, 0.2) is 11.5 Å². The van der Waals surface area contributed by atoms with Gasteiger partial charge in [0, 0.05) is 16.8 Å². The van der Waals surface area contributed by atoms with Crippen LogP contribution in [0, 0.1) is 0 Å². The van der Waals surface area contributed by atoms with Crippen LogP contribution in [0.25, 0.3) is 0 Å². The number of anilines is 1. The van der Waals surface area contributed by atoms with Gasteiger partial charge in [-0.1, -0.05) is 0 Å². The van der Waals surface area contributed by atoms with E-state index in [0.29, 0.717) is 34.1 Å². The zero-order valence-electron chi connectivity index (χ0n) is 17.9. The summed E-state index contributed by atoms with van der Waals surface area (Å²) in [7, 11) is 4.67. The van der Waals surface area contributed by atoms with Crippen LogP contribution in [0.1, 0.15) is 26.3 Å². The first kappa shape index (κ1) is 22.4. The van der Waals surface area contributed by atoms with E-state index in [1.54, 1.807) is 88.1 Å². The molecule has 2 amide bonds. The van der Waals surface area contributed by atoms with Crippen molar-refractivity contribution in [3.63, 3.8) is 0 Å². The largest absolute Gasteiger partial charge is 0.497 e. The van der Waals surface area contributed by atoms with E-state index in [9.17, 15) is 9.59 Å². The predicted molar refractivity (Wildman–Crippen MR) is 122 cm³/mol. The Kier molecular flexibility index (Phi) is 7.42. The molecule has 0 atom stereocenters. The second-order valence-electron chi connectivity index (χ2n) is 6.57. The molecule has 0 saturated carbocycles. The van der Waals surface area contributed by atoms with Crippen LogP contribution < -0.4 is 25.0 Å². The van der Waals surface area contributed by atoms with Crippen molar-refractivity contribution in [3.8, 4) is 17.2 Å². The molecule has 0 spiro atoms. The van der Waals surface area contributed by atoms with Gasteiger partial charge in [-0.2, -0.15) is 5.10 Å². The zero-order valence-corrected chi connectivity index (χ0v) is 17.9. The molecule has 3 aromatic carbocycles. The molecule has 164 valence electrons. The molecule has 0 aliphatic heterocycles. The van der Waals surface area contributed by atoms with Crippen molar-refractivity contribution < 1.29 is 23.8 Å². The van der Waals surface area contributed by atoms with Crippen molar-refractivity contribution >= 4 is 23.7 Å². The van der Waals surface area contributed by atoms with Crippen LogP contribution in [-0.4, -0.2) is 39.4 Å². The summed E-state index contributed by atoms with van der Waals surface area (Å²) >= 11 is 0. The molecular weight excluding hydrogens is 410 g/mol. The van der Waals surface area contributed by atoms with Gasteiger partial charge in [0.1, 0.15) is 5.75 Å². The summed E-state index contributed by atoms with van der Waals surface area (Å²) in [5.41, 5.74) is 4.67. The summed E-state index contributed by atoms with van der Waals surface area (Å²) in [6.07, 6.45) is 1.50. The summed E-state index contributed by atoms with van der Waals surface area (Å²) in [6, 6.07) is 18.6. The Hall–Kier alpha value is -4.33. The first-order chi connectivity index (χ1) is 15.5. The zero-order chi connectivity index (χ0) is 22.9. The monoisotopic (exact) mass is 433 g/mol. The summed E-state index contributed by atoms with van der Waals surface area (Å²) in [5, 5.41) is 6.76. The Labute approximate surface area is 185 Å². The summed E-state index contributed by atoms with van der Waals surface area (Å²) in [5.74, 6) is 1.20. The maximum absolute atomic E-state index is 12.3. The third-order valence-corrected chi connectivity index (χ3v) is 4.54. The Morgan fingerprint density at radius 1 is 0.750 bits per heavy atom. The molecule has 8 heteroatoms. The van der Waals surface area contributed by atoms with E-state index in [0.717, 1.165) is 5.56 Å². The number of carbonyl (C=O) groups excluding carboxylic acids is 2. The highest BCUT2D eigenvalue weighted by atomic mass is 16.5. The van der Waals surface area contributed by atoms with E-state index in [1.165, 1.54) is 6.21 Å². The molecular formula is C24H23N3O5. The van der Waals surface area contributed by atoms with Crippen LogP contribution in [0.4, 0.5) is 5.69 Å². The first-order valence-corrected chi connectivity index (χ1v) is 9.65. The molecule has 0 heterocycles. The molecule has 2 N–H and O–H groups in total. The number of benzene rings is 3. The normalized spacial score (nSPS) is 10.5. The van der Waals surface area contributed by atoms with Crippen molar-refractivity contribution in [1.29, 1.82) is 0 Å². The average Bonchev–Trinajstić information content (AvgIpc) is 2.84. The highest BCUT2D eigenvalue weighted by Crippen LogP contribution is 2.26. The Bertz CT molecular complexity index is 1110. The molecule has 0 saturated heterocycles. The molecule has 0 radical (unpaired) electrons. The van der Waals surface area contributed by atoms with Crippen molar-refractivity contribution in [2.24, 2.45) is 5.10 Å². The lowest BCUT2D eigenvalue weighted by Gasteiger charge is -2.08. The summed E-state index contributed by atoms with van der Waals surface area (Å²) in [4.78, 5) is 24.6. The van der Waals surface area contributed by atoms with Crippen LogP contribution in [-0.2, 0) is 0 Å². The molecule has 0 unspecified atom stereocenters. The number of amides is 2. The Balaban J connectivity index is 1.57. The van der Waals surface area contributed by atoms with Gasteiger partial charge in [-0.3, -0.25) is 9.59 Å². The van der Waals surface area contributed by atoms with E-state index < -0.39 is 0 Å². The molecule has 0 aliphatic rings. The van der Waals surface area contributed by atoms with Gasteiger partial charge in [-0.05, 0) is 72.3 Å². The third-order valence-electron chi connectivity index (χ3n) is 4.54. The molecule has 32 heavy (non-hydrogen) atoms. The maximum atomic E-state index is 12.3. The molecule has 0 bridgehead atoms. The highest BCUT2D eigenvalue weighted by molar-refractivity contribution is 6.04. The molecule has 0 aliphatic carbocycles. The summed E-state index contributed by atoms with van der Waals surface area (Å²) in [6.45, 7) is 0. The molecule has 3 aromatic rings. The molecule has 3 rings (SSSR count). The smallest absolute Gasteiger partial charge is 0.271 e. The van der Waals surface area contributed by atoms with Crippen molar-refractivity contribution in [3.05, 3.63) is 83.4 Å². The molecule has 0 aromatic heterocycles. The van der Waals surface area contributed by atoms with Crippen LogP contribution in [0.5, 0.6) is 17.2 Å². The second kappa shape index (κ2) is 10.6. The standard InChI is InChI=1S/C24H23N3O5/c1-30-20-11-7-17(8-12-20)23(28)26-19-9-5-18(6-10-19)24(29)27-25-15-16-4-13-21(31-2)22(14-16)32-3/h4-15H,1-3H3,(H,26,28)(H,27,29)/b25-15+. The van der Waals surface area contributed by atoms with Crippen LogP contribution in [0.15, 0.2) is 71.8 Å². The van der Waals surface area contributed by atoms with Gasteiger partial charge in [-0.15, -0.1) is 0 Å². The Morgan fingerprint density at radius 2 is 1.38 bits per heavy atom. The average molecular weight is 433 g/mol. The fraction of sp³-hybridized carbons (Fsp3) is 0.125. The van der Waals surface area contributed by atoms with Gasteiger partial charge in [0.25, 0.3) is 11.8 Å². The fourth-order valence-corrected chi connectivity index (χ4v) is 2.81. The van der Waals surface area contributed by atoms with E-state index in [2.05, 4.69) is 15.8 Å². The van der Waals surface area contributed by atoms with Gasteiger partial charge in [0.05, 0.1) is 27.5 Å². The predicted octanol–water partition coefficient (Wildman–Crippen LogP) is 3.73. The quantitative estimate of drug-likeness (QED) is 0.417. The lowest BCUT2D eigenvalue weighted by Crippen LogP contribution is -2.18. The van der Waals surface area contributed by atoms with Gasteiger partial charge < -0.3 is 19.5 Å². The lowest BCUT2D eigenvalue weighted by molar-refractivity contribution is 0.0954. The molecule has 8 nitrogen and oxygen atoms in total. The second-order valence-corrected chi connectivity index (χ2v) is 6.57. The number of methoxy groups -OCH3 is 3. The van der Waals surface area contributed by atoms with Crippen LogP contribution >= 0.6 is 0 Å². The minimum Gasteiger partial charge on any atom is -0.497 e. The lowest BCUT2D eigenvalue weighted by atomic mass is 10.1. The van der Waals surface area contributed by atoms with Gasteiger partial charge >= 0.3 is 0 Å².